The Bertz CT molecular complexity index is 572. The van der Waals surface area contributed by atoms with Gasteiger partial charge in [0.05, 0.1) is 0 Å². The lowest BCUT2D eigenvalue weighted by Gasteiger charge is -2.05. The molecule has 0 unspecified atom stereocenters. The van der Waals surface area contributed by atoms with Gasteiger partial charge in [-0.3, -0.25) is 4.79 Å². The Morgan fingerprint density at radius 2 is 2.35 bits per heavy atom. The van der Waals surface area contributed by atoms with Gasteiger partial charge in [-0.25, -0.2) is 0 Å². The van der Waals surface area contributed by atoms with Crippen LogP contribution in [0.2, 0.25) is 0 Å². The van der Waals surface area contributed by atoms with Crippen molar-refractivity contribution in [1.29, 1.82) is 0 Å². The summed E-state index contributed by atoms with van der Waals surface area (Å²) in [6.07, 6.45) is 3.88. The van der Waals surface area contributed by atoms with Gasteiger partial charge in [-0.05, 0) is 23.3 Å². The molecular weight excluding hydrogens is 216 g/mol. The maximum absolute atomic E-state index is 10.7. The topological polar surface area (TPSA) is 79.1 Å². The summed E-state index contributed by atoms with van der Waals surface area (Å²) < 4.78 is 0. The van der Waals surface area contributed by atoms with Crippen LogP contribution in [0.5, 0.6) is 0 Å². The fraction of sp³-hybridized carbons (Fsp3) is 0.154. The quantitative estimate of drug-likeness (QED) is 0.748. The smallest absolute Gasteiger partial charge is 0.320 e. The summed E-state index contributed by atoms with van der Waals surface area (Å²) in [7, 11) is 0. The van der Waals surface area contributed by atoms with E-state index in [9.17, 15) is 4.79 Å². The van der Waals surface area contributed by atoms with Gasteiger partial charge < -0.3 is 15.8 Å². The van der Waals surface area contributed by atoms with E-state index in [0.29, 0.717) is 6.42 Å². The van der Waals surface area contributed by atoms with Gasteiger partial charge in [0, 0.05) is 23.5 Å². The van der Waals surface area contributed by atoms with Crippen molar-refractivity contribution in [2.75, 3.05) is 0 Å². The van der Waals surface area contributed by atoms with Gasteiger partial charge in [-0.15, -0.1) is 0 Å². The molecule has 0 saturated heterocycles. The maximum atomic E-state index is 10.7. The number of carboxylic acids is 1. The molecular formula is C13H14N2O2. The van der Waals surface area contributed by atoms with E-state index in [-0.39, 0.29) is 0 Å². The van der Waals surface area contributed by atoms with E-state index in [2.05, 4.69) is 11.6 Å². The number of nitrogens with two attached hydrogens (primary N) is 1. The van der Waals surface area contributed by atoms with Crippen molar-refractivity contribution in [2.24, 2.45) is 5.73 Å². The van der Waals surface area contributed by atoms with Gasteiger partial charge in [-0.1, -0.05) is 18.7 Å². The minimum atomic E-state index is -0.987. The van der Waals surface area contributed by atoms with Gasteiger partial charge in [0.1, 0.15) is 6.04 Å². The number of carbonyl (C=O) groups is 1. The molecule has 0 spiro atoms. The number of benzene rings is 1. The normalized spacial score (nSPS) is 12.5. The SMILES string of the molecule is C=Cc1ccc2[nH]cc(C[C@H](N)C(=O)O)c2c1. The molecule has 1 aromatic heterocycles. The number of hydrogen-bond acceptors (Lipinski definition) is 2. The predicted molar refractivity (Wildman–Crippen MR) is 67.7 cm³/mol. The Kier molecular flexibility index (Phi) is 2.97. The molecule has 0 radical (unpaired) electrons. The molecule has 1 aromatic carbocycles. The fourth-order valence-corrected chi connectivity index (χ4v) is 1.82. The number of nitrogens with one attached hydrogen (secondary N) is 1. The lowest BCUT2D eigenvalue weighted by atomic mass is 10.0. The molecule has 0 aliphatic heterocycles. The number of rotatable bonds is 4. The third-order valence-electron chi connectivity index (χ3n) is 2.78. The van der Waals surface area contributed by atoms with Crippen molar-refractivity contribution in [2.45, 2.75) is 12.5 Å². The Morgan fingerprint density at radius 3 is 3.00 bits per heavy atom. The van der Waals surface area contributed by atoms with Crippen molar-refractivity contribution in [1.82, 2.24) is 4.98 Å². The van der Waals surface area contributed by atoms with Gasteiger partial charge >= 0.3 is 5.97 Å². The van der Waals surface area contributed by atoms with Crippen LogP contribution in [0.3, 0.4) is 0 Å². The number of H-pyrrole nitrogens is 1. The monoisotopic (exact) mass is 230 g/mol. The molecule has 88 valence electrons. The molecule has 1 heterocycles. The standard InChI is InChI=1S/C13H14N2O2/c1-2-8-3-4-12-10(5-8)9(7-15-12)6-11(14)13(16)17/h2-5,7,11,15H,1,6,14H2,(H,16,17)/t11-/m0/s1. The van der Waals surface area contributed by atoms with Gasteiger partial charge in [0.25, 0.3) is 0 Å². The maximum Gasteiger partial charge on any atom is 0.320 e. The molecule has 1 atom stereocenters. The van der Waals surface area contributed by atoms with Crippen molar-refractivity contribution >= 4 is 22.9 Å². The lowest BCUT2D eigenvalue weighted by Crippen LogP contribution is -2.32. The highest BCUT2D eigenvalue weighted by atomic mass is 16.4. The number of carboxylic acid groups (broad SMARTS) is 1. The molecule has 0 aliphatic rings. The minimum absolute atomic E-state index is 0.315. The van der Waals surface area contributed by atoms with Crippen LogP contribution in [0.25, 0.3) is 17.0 Å². The number of fused-ring (bicyclic) bond motifs is 1. The Balaban J connectivity index is 2.40. The average molecular weight is 230 g/mol. The summed E-state index contributed by atoms with van der Waals surface area (Å²) in [5.74, 6) is -0.987. The van der Waals surface area contributed by atoms with Crippen LogP contribution < -0.4 is 5.73 Å². The van der Waals surface area contributed by atoms with Crippen LogP contribution in [0.15, 0.2) is 31.0 Å². The van der Waals surface area contributed by atoms with Crippen molar-refractivity contribution in [3.63, 3.8) is 0 Å². The van der Waals surface area contributed by atoms with Crippen LogP contribution in [-0.2, 0) is 11.2 Å². The molecule has 0 bridgehead atoms. The summed E-state index contributed by atoms with van der Waals surface area (Å²) in [5.41, 5.74) is 8.43. The van der Waals surface area contributed by atoms with Crippen LogP contribution in [-0.4, -0.2) is 22.1 Å². The second-order valence-electron chi connectivity index (χ2n) is 3.97. The minimum Gasteiger partial charge on any atom is -0.480 e. The third-order valence-corrected chi connectivity index (χ3v) is 2.78. The van der Waals surface area contributed by atoms with Crippen LogP contribution in [0, 0.1) is 0 Å². The fourth-order valence-electron chi connectivity index (χ4n) is 1.82. The van der Waals surface area contributed by atoms with Gasteiger partial charge in [0.15, 0.2) is 0 Å². The molecule has 4 heteroatoms. The van der Waals surface area contributed by atoms with E-state index < -0.39 is 12.0 Å². The molecule has 2 aromatic rings. The zero-order valence-electron chi connectivity index (χ0n) is 9.31. The van der Waals surface area contributed by atoms with E-state index in [4.69, 9.17) is 10.8 Å². The summed E-state index contributed by atoms with van der Waals surface area (Å²) in [5, 5.41) is 9.80. The number of aliphatic carboxylic acids is 1. The first-order valence-corrected chi connectivity index (χ1v) is 5.32. The Morgan fingerprint density at radius 1 is 1.59 bits per heavy atom. The summed E-state index contributed by atoms with van der Waals surface area (Å²) in [6, 6.07) is 5.00. The molecule has 2 rings (SSSR count). The summed E-state index contributed by atoms with van der Waals surface area (Å²) >= 11 is 0. The highest BCUT2D eigenvalue weighted by molar-refractivity contribution is 5.86. The first kappa shape index (κ1) is 11.4. The van der Waals surface area contributed by atoms with E-state index in [1.54, 1.807) is 12.3 Å². The predicted octanol–water partition coefficient (Wildman–Crippen LogP) is 1.77. The average Bonchev–Trinajstić information content (AvgIpc) is 2.71. The largest absolute Gasteiger partial charge is 0.480 e. The molecule has 0 aliphatic carbocycles. The van der Waals surface area contributed by atoms with Crippen LogP contribution in [0.4, 0.5) is 0 Å². The zero-order chi connectivity index (χ0) is 12.4. The third kappa shape index (κ3) is 2.21. The van der Waals surface area contributed by atoms with Crippen molar-refractivity contribution in [3.8, 4) is 0 Å². The summed E-state index contributed by atoms with van der Waals surface area (Å²) in [6.45, 7) is 3.71. The van der Waals surface area contributed by atoms with Crippen molar-refractivity contribution < 1.29 is 9.90 Å². The second-order valence-corrected chi connectivity index (χ2v) is 3.97. The number of aromatic amines is 1. The van der Waals surface area contributed by atoms with Crippen molar-refractivity contribution in [3.05, 3.63) is 42.1 Å². The van der Waals surface area contributed by atoms with Crippen LogP contribution >= 0.6 is 0 Å². The summed E-state index contributed by atoms with van der Waals surface area (Å²) in [4.78, 5) is 13.8. The van der Waals surface area contributed by atoms with E-state index in [1.165, 1.54) is 0 Å². The Labute approximate surface area is 98.8 Å². The number of hydrogen-bond donors (Lipinski definition) is 3. The first-order valence-electron chi connectivity index (χ1n) is 5.32. The van der Waals surface area contributed by atoms with Crippen LogP contribution in [0.1, 0.15) is 11.1 Å². The lowest BCUT2D eigenvalue weighted by molar-refractivity contribution is -0.138. The first-order chi connectivity index (χ1) is 8.11. The molecule has 4 nitrogen and oxygen atoms in total. The van der Waals surface area contributed by atoms with E-state index >= 15 is 0 Å². The second kappa shape index (κ2) is 4.43. The van der Waals surface area contributed by atoms with E-state index in [1.807, 2.05) is 18.2 Å². The highest BCUT2D eigenvalue weighted by Crippen LogP contribution is 2.21. The molecule has 17 heavy (non-hydrogen) atoms. The number of aromatic nitrogens is 1. The van der Waals surface area contributed by atoms with E-state index in [0.717, 1.165) is 22.0 Å². The van der Waals surface area contributed by atoms with Gasteiger partial charge in [0.2, 0.25) is 0 Å². The zero-order valence-corrected chi connectivity index (χ0v) is 9.31. The van der Waals surface area contributed by atoms with Gasteiger partial charge in [-0.2, -0.15) is 0 Å². The Hall–Kier alpha value is -2.07. The highest BCUT2D eigenvalue weighted by Gasteiger charge is 2.14. The molecule has 0 fully saturated rings. The molecule has 4 N–H and O–H groups in total. The molecule has 0 amide bonds. The molecule has 0 saturated carbocycles.